The SMILES string of the molecule is CC.CNCCOCCOCCOCCN1C(=O)c2ccccc2C1=O. The lowest BCUT2D eigenvalue weighted by molar-refractivity contribution is 0.0118. The Balaban J connectivity index is 0.00000163. The van der Waals surface area contributed by atoms with E-state index in [9.17, 15) is 9.59 Å². The number of likely N-dealkylation sites (N-methyl/N-ethyl adjacent to an activating group) is 1. The number of amides is 2. The molecule has 2 amide bonds. The lowest BCUT2D eigenvalue weighted by atomic mass is 10.1. The van der Waals surface area contributed by atoms with E-state index >= 15 is 0 Å². The molecule has 0 fully saturated rings. The molecule has 0 aromatic heterocycles. The highest BCUT2D eigenvalue weighted by Gasteiger charge is 2.34. The summed E-state index contributed by atoms with van der Waals surface area (Å²) in [5.74, 6) is -0.511. The van der Waals surface area contributed by atoms with E-state index in [4.69, 9.17) is 14.2 Å². The molecule has 0 aliphatic carbocycles. The largest absolute Gasteiger partial charge is 0.378 e. The summed E-state index contributed by atoms with van der Waals surface area (Å²) in [5.41, 5.74) is 0.924. The minimum absolute atomic E-state index is 0.249. The summed E-state index contributed by atoms with van der Waals surface area (Å²) in [7, 11) is 1.87. The summed E-state index contributed by atoms with van der Waals surface area (Å²) in [6, 6.07) is 6.85. The van der Waals surface area contributed by atoms with E-state index in [2.05, 4.69) is 5.32 Å². The van der Waals surface area contributed by atoms with Crippen molar-refractivity contribution in [2.24, 2.45) is 0 Å². The maximum Gasteiger partial charge on any atom is 0.261 e. The minimum Gasteiger partial charge on any atom is -0.378 e. The van der Waals surface area contributed by atoms with Gasteiger partial charge in [-0.25, -0.2) is 0 Å². The first-order valence-electron chi connectivity index (χ1n) is 9.08. The molecule has 0 bridgehead atoms. The van der Waals surface area contributed by atoms with Crippen LogP contribution in [-0.4, -0.2) is 76.5 Å². The predicted octanol–water partition coefficient (Wildman–Crippen LogP) is 1.58. The maximum absolute atomic E-state index is 12.1. The monoisotopic (exact) mass is 366 g/mol. The normalized spacial score (nSPS) is 12.8. The zero-order chi connectivity index (χ0) is 19.2. The van der Waals surface area contributed by atoms with Crippen molar-refractivity contribution >= 4 is 11.8 Å². The van der Waals surface area contributed by atoms with Gasteiger partial charge in [0.2, 0.25) is 0 Å². The number of hydrogen-bond acceptors (Lipinski definition) is 6. The first-order chi connectivity index (χ1) is 12.8. The van der Waals surface area contributed by atoms with E-state index in [0.29, 0.717) is 50.8 Å². The molecule has 0 radical (unpaired) electrons. The van der Waals surface area contributed by atoms with E-state index < -0.39 is 0 Å². The zero-order valence-electron chi connectivity index (χ0n) is 16.0. The molecular formula is C19H30N2O5. The predicted molar refractivity (Wildman–Crippen MR) is 99.5 cm³/mol. The van der Waals surface area contributed by atoms with Gasteiger partial charge in [-0.3, -0.25) is 14.5 Å². The molecule has 0 unspecified atom stereocenters. The van der Waals surface area contributed by atoms with Crippen LogP contribution in [0.25, 0.3) is 0 Å². The molecule has 1 heterocycles. The number of nitrogens with zero attached hydrogens (tertiary/aromatic N) is 1. The Morgan fingerprint density at radius 2 is 1.27 bits per heavy atom. The topological polar surface area (TPSA) is 77.1 Å². The van der Waals surface area contributed by atoms with Crippen molar-refractivity contribution in [1.82, 2.24) is 10.2 Å². The van der Waals surface area contributed by atoms with Crippen molar-refractivity contribution in [3.8, 4) is 0 Å². The summed E-state index contributed by atoms with van der Waals surface area (Å²) in [5, 5.41) is 2.99. The lowest BCUT2D eigenvalue weighted by Crippen LogP contribution is -2.33. The van der Waals surface area contributed by atoms with Gasteiger partial charge in [0, 0.05) is 6.54 Å². The Kier molecular flexibility index (Phi) is 11.5. The number of benzene rings is 1. The third kappa shape index (κ3) is 6.84. The van der Waals surface area contributed by atoms with Gasteiger partial charge in [0.15, 0.2) is 0 Å². The first kappa shape index (κ1) is 22.2. The molecule has 7 nitrogen and oxygen atoms in total. The number of imide groups is 1. The Morgan fingerprint density at radius 1 is 0.808 bits per heavy atom. The number of fused-ring (bicyclic) bond motifs is 1. The van der Waals surface area contributed by atoms with Crippen molar-refractivity contribution in [2.45, 2.75) is 13.8 Å². The van der Waals surface area contributed by atoms with Crippen LogP contribution in [-0.2, 0) is 14.2 Å². The van der Waals surface area contributed by atoms with Crippen molar-refractivity contribution in [1.29, 1.82) is 0 Å². The van der Waals surface area contributed by atoms with Crippen molar-refractivity contribution < 1.29 is 23.8 Å². The van der Waals surface area contributed by atoms with E-state index in [1.54, 1.807) is 24.3 Å². The molecule has 1 N–H and O–H groups in total. The summed E-state index contributed by atoms with van der Waals surface area (Å²) in [4.78, 5) is 25.5. The molecular weight excluding hydrogens is 336 g/mol. The highest BCUT2D eigenvalue weighted by atomic mass is 16.5. The van der Waals surface area contributed by atoms with Gasteiger partial charge in [0.05, 0.1) is 57.3 Å². The molecule has 146 valence electrons. The van der Waals surface area contributed by atoms with Crippen molar-refractivity contribution in [3.63, 3.8) is 0 Å². The van der Waals surface area contributed by atoms with Gasteiger partial charge in [0.1, 0.15) is 0 Å². The third-order valence-electron chi connectivity index (χ3n) is 3.58. The minimum atomic E-state index is -0.255. The average molecular weight is 366 g/mol. The second kappa shape index (κ2) is 13.4. The van der Waals surface area contributed by atoms with E-state index in [1.165, 1.54) is 4.90 Å². The molecule has 1 aliphatic heterocycles. The number of carbonyl (C=O) groups excluding carboxylic acids is 2. The Bertz CT molecular complexity index is 515. The Morgan fingerprint density at radius 3 is 1.77 bits per heavy atom. The quantitative estimate of drug-likeness (QED) is 0.447. The van der Waals surface area contributed by atoms with Crippen LogP contribution in [0.4, 0.5) is 0 Å². The van der Waals surface area contributed by atoms with Crippen LogP contribution in [0, 0.1) is 0 Å². The van der Waals surface area contributed by atoms with Gasteiger partial charge in [-0.2, -0.15) is 0 Å². The van der Waals surface area contributed by atoms with Crippen LogP contribution >= 0.6 is 0 Å². The fourth-order valence-corrected chi connectivity index (χ4v) is 2.31. The molecule has 1 aromatic carbocycles. The zero-order valence-corrected chi connectivity index (χ0v) is 16.0. The smallest absolute Gasteiger partial charge is 0.261 e. The van der Waals surface area contributed by atoms with Crippen molar-refractivity contribution in [2.75, 3.05) is 59.8 Å². The number of nitrogens with one attached hydrogen (secondary N) is 1. The summed E-state index contributed by atoms with van der Waals surface area (Å²) in [6.07, 6.45) is 0. The van der Waals surface area contributed by atoms with Crippen LogP contribution in [0.15, 0.2) is 24.3 Å². The number of hydrogen-bond donors (Lipinski definition) is 1. The molecule has 1 aliphatic rings. The number of rotatable bonds is 12. The van der Waals surface area contributed by atoms with Crippen LogP contribution < -0.4 is 5.32 Å². The molecule has 26 heavy (non-hydrogen) atoms. The molecule has 0 atom stereocenters. The Hall–Kier alpha value is -1.80. The highest BCUT2D eigenvalue weighted by Crippen LogP contribution is 2.21. The standard InChI is InChI=1S/C17H24N2O5.C2H6/c1-18-6-8-22-10-12-24-13-11-23-9-7-19-16(20)14-4-2-3-5-15(14)17(19)21;1-2/h2-5,18H,6-13H2,1H3;1-2H3. The summed E-state index contributed by atoms with van der Waals surface area (Å²) in [6.45, 7) is 7.98. The fraction of sp³-hybridized carbons (Fsp3) is 0.579. The van der Waals surface area contributed by atoms with Gasteiger partial charge < -0.3 is 19.5 Å². The third-order valence-corrected chi connectivity index (χ3v) is 3.58. The van der Waals surface area contributed by atoms with Gasteiger partial charge >= 0.3 is 0 Å². The van der Waals surface area contributed by atoms with E-state index in [0.717, 1.165) is 6.54 Å². The van der Waals surface area contributed by atoms with Gasteiger partial charge in [-0.1, -0.05) is 26.0 Å². The second-order valence-corrected chi connectivity index (χ2v) is 5.25. The van der Waals surface area contributed by atoms with Gasteiger partial charge in [-0.05, 0) is 19.2 Å². The number of carbonyl (C=O) groups is 2. The maximum atomic E-state index is 12.1. The van der Waals surface area contributed by atoms with Crippen LogP contribution in [0.5, 0.6) is 0 Å². The average Bonchev–Trinajstić information content (AvgIpc) is 2.92. The first-order valence-corrected chi connectivity index (χ1v) is 9.08. The molecule has 0 spiro atoms. The summed E-state index contributed by atoms with van der Waals surface area (Å²) >= 11 is 0. The molecule has 0 saturated heterocycles. The highest BCUT2D eigenvalue weighted by molar-refractivity contribution is 6.21. The van der Waals surface area contributed by atoms with E-state index in [1.807, 2.05) is 20.9 Å². The van der Waals surface area contributed by atoms with Crippen molar-refractivity contribution in [3.05, 3.63) is 35.4 Å². The second-order valence-electron chi connectivity index (χ2n) is 5.25. The Labute approximate surface area is 155 Å². The molecule has 7 heteroatoms. The van der Waals surface area contributed by atoms with Crippen LogP contribution in [0.1, 0.15) is 34.6 Å². The molecule has 2 rings (SSSR count). The lowest BCUT2D eigenvalue weighted by Gasteiger charge is -2.13. The van der Waals surface area contributed by atoms with Crippen LogP contribution in [0.2, 0.25) is 0 Å². The summed E-state index contributed by atoms with van der Waals surface area (Å²) < 4.78 is 16.1. The van der Waals surface area contributed by atoms with E-state index in [-0.39, 0.29) is 18.4 Å². The fourth-order valence-electron chi connectivity index (χ4n) is 2.31. The van der Waals surface area contributed by atoms with Gasteiger partial charge in [-0.15, -0.1) is 0 Å². The molecule has 0 saturated carbocycles. The van der Waals surface area contributed by atoms with Gasteiger partial charge in [0.25, 0.3) is 11.8 Å². The van der Waals surface area contributed by atoms with Crippen LogP contribution in [0.3, 0.4) is 0 Å². The molecule has 1 aromatic rings. The number of ether oxygens (including phenoxy) is 3.